The van der Waals surface area contributed by atoms with Crippen molar-refractivity contribution >= 4 is 17.5 Å². The van der Waals surface area contributed by atoms with E-state index in [2.05, 4.69) is 29.5 Å². The summed E-state index contributed by atoms with van der Waals surface area (Å²) < 4.78 is 10.8. The number of aromatic nitrogens is 2. The van der Waals surface area contributed by atoms with Gasteiger partial charge in [-0.05, 0) is 18.1 Å². The molecule has 0 fully saturated rings. The standard InChI is InChI=1S/C22H26N4O2/c1-15(2)14-23-21-13-18(16-8-6-5-7-9-16)24-22(26-21)25-19-12-17(27-3)10-11-20(19)28-4/h5-13,15H,14H2,1-4H3,(H2,23,24,25,26). The summed E-state index contributed by atoms with van der Waals surface area (Å²) in [5.41, 5.74) is 2.60. The SMILES string of the molecule is COc1ccc(OC)c(Nc2nc(NCC(C)C)cc(-c3ccccc3)n2)c1. The number of nitrogens with one attached hydrogen (secondary N) is 2. The van der Waals surface area contributed by atoms with Crippen LogP contribution >= 0.6 is 0 Å². The zero-order valence-electron chi connectivity index (χ0n) is 16.7. The molecule has 0 spiro atoms. The van der Waals surface area contributed by atoms with Crippen LogP contribution in [0.25, 0.3) is 11.3 Å². The topological polar surface area (TPSA) is 68.3 Å². The Kier molecular flexibility index (Phi) is 6.32. The second-order valence-corrected chi connectivity index (χ2v) is 6.79. The van der Waals surface area contributed by atoms with E-state index < -0.39 is 0 Å². The molecule has 6 nitrogen and oxygen atoms in total. The highest BCUT2D eigenvalue weighted by Crippen LogP contribution is 2.31. The van der Waals surface area contributed by atoms with Gasteiger partial charge in [0.05, 0.1) is 25.6 Å². The second-order valence-electron chi connectivity index (χ2n) is 6.79. The van der Waals surface area contributed by atoms with Gasteiger partial charge in [0.15, 0.2) is 0 Å². The largest absolute Gasteiger partial charge is 0.497 e. The summed E-state index contributed by atoms with van der Waals surface area (Å²) >= 11 is 0. The molecule has 0 radical (unpaired) electrons. The Labute approximate surface area is 166 Å². The fourth-order valence-corrected chi connectivity index (χ4v) is 2.69. The Morgan fingerprint density at radius 1 is 0.929 bits per heavy atom. The lowest BCUT2D eigenvalue weighted by Crippen LogP contribution is -2.11. The van der Waals surface area contributed by atoms with Crippen LogP contribution in [-0.2, 0) is 0 Å². The van der Waals surface area contributed by atoms with Gasteiger partial charge in [0.25, 0.3) is 0 Å². The van der Waals surface area contributed by atoms with Crippen molar-refractivity contribution in [1.82, 2.24) is 9.97 Å². The van der Waals surface area contributed by atoms with Gasteiger partial charge in [-0.15, -0.1) is 0 Å². The van der Waals surface area contributed by atoms with Gasteiger partial charge in [-0.3, -0.25) is 0 Å². The maximum absolute atomic E-state index is 5.45. The average molecular weight is 378 g/mol. The highest BCUT2D eigenvalue weighted by atomic mass is 16.5. The molecule has 0 saturated heterocycles. The zero-order chi connectivity index (χ0) is 19.9. The third-order valence-corrected chi connectivity index (χ3v) is 4.14. The van der Waals surface area contributed by atoms with Gasteiger partial charge in [0, 0.05) is 24.2 Å². The summed E-state index contributed by atoms with van der Waals surface area (Å²) in [5.74, 6) is 3.17. The number of rotatable bonds is 8. The van der Waals surface area contributed by atoms with Crippen molar-refractivity contribution in [1.29, 1.82) is 0 Å². The molecule has 1 aromatic heterocycles. The summed E-state index contributed by atoms with van der Waals surface area (Å²) in [4.78, 5) is 9.33. The van der Waals surface area contributed by atoms with E-state index in [4.69, 9.17) is 14.5 Å². The highest BCUT2D eigenvalue weighted by Gasteiger charge is 2.11. The van der Waals surface area contributed by atoms with Crippen LogP contribution in [0.1, 0.15) is 13.8 Å². The van der Waals surface area contributed by atoms with Gasteiger partial charge in [-0.1, -0.05) is 44.2 Å². The first-order chi connectivity index (χ1) is 13.6. The van der Waals surface area contributed by atoms with E-state index in [-0.39, 0.29) is 0 Å². The Morgan fingerprint density at radius 2 is 1.71 bits per heavy atom. The van der Waals surface area contributed by atoms with Crippen LogP contribution in [0.5, 0.6) is 11.5 Å². The minimum absolute atomic E-state index is 0.485. The Balaban J connectivity index is 1.98. The molecule has 2 aromatic carbocycles. The lowest BCUT2D eigenvalue weighted by atomic mass is 10.1. The predicted molar refractivity (Wildman–Crippen MR) is 114 cm³/mol. The van der Waals surface area contributed by atoms with E-state index in [1.54, 1.807) is 14.2 Å². The molecule has 0 aliphatic carbocycles. The summed E-state index contributed by atoms with van der Waals surface area (Å²) in [7, 11) is 3.26. The molecule has 1 heterocycles. The minimum Gasteiger partial charge on any atom is -0.497 e. The number of methoxy groups -OCH3 is 2. The van der Waals surface area contributed by atoms with Crippen LogP contribution < -0.4 is 20.1 Å². The van der Waals surface area contributed by atoms with Gasteiger partial charge >= 0.3 is 0 Å². The maximum atomic E-state index is 5.45. The number of hydrogen-bond donors (Lipinski definition) is 2. The minimum atomic E-state index is 0.485. The first-order valence-electron chi connectivity index (χ1n) is 9.26. The predicted octanol–water partition coefficient (Wildman–Crippen LogP) is 4.97. The molecule has 0 aliphatic heterocycles. The van der Waals surface area contributed by atoms with Gasteiger partial charge < -0.3 is 20.1 Å². The molecule has 146 valence electrons. The average Bonchev–Trinajstić information content (AvgIpc) is 2.72. The van der Waals surface area contributed by atoms with Gasteiger partial charge in [0.2, 0.25) is 5.95 Å². The molecule has 28 heavy (non-hydrogen) atoms. The molecule has 0 aliphatic rings. The van der Waals surface area contributed by atoms with E-state index in [1.807, 2.05) is 54.6 Å². The number of anilines is 3. The quantitative estimate of drug-likeness (QED) is 0.577. The number of benzene rings is 2. The summed E-state index contributed by atoms with van der Waals surface area (Å²) in [5, 5.41) is 6.65. The number of nitrogens with zero attached hydrogens (tertiary/aromatic N) is 2. The zero-order valence-corrected chi connectivity index (χ0v) is 16.7. The molecule has 0 unspecified atom stereocenters. The second kappa shape index (κ2) is 9.08. The van der Waals surface area contributed by atoms with Crippen LogP contribution in [-0.4, -0.2) is 30.7 Å². The van der Waals surface area contributed by atoms with E-state index >= 15 is 0 Å². The van der Waals surface area contributed by atoms with Crippen molar-refractivity contribution in [2.75, 3.05) is 31.4 Å². The van der Waals surface area contributed by atoms with Gasteiger partial charge in [0.1, 0.15) is 17.3 Å². The van der Waals surface area contributed by atoms with Crippen molar-refractivity contribution in [3.63, 3.8) is 0 Å². The molecular weight excluding hydrogens is 352 g/mol. The van der Waals surface area contributed by atoms with Crippen LogP contribution in [0.15, 0.2) is 54.6 Å². The Hall–Kier alpha value is -3.28. The van der Waals surface area contributed by atoms with Gasteiger partial charge in [-0.2, -0.15) is 4.98 Å². The van der Waals surface area contributed by atoms with Crippen LogP contribution in [0, 0.1) is 5.92 Å². The van der Waals surface area contributed by atoms with Crippen LogP contribution in [0.2, 0.25) is 0 Å². The number of ether oxygens (including phenoxy) is 2. The van der Waals surface area contributed by atoms with Gasteiger partial charge in [-0.25, -0.2) is 4.98 Å². The summed E-state index contributed by atoms with van der Waals surface area (Å²) in [6.45, 7) is 5.15. The third-order valence-electron chi connectivity index (χ3n) is 4.14. The molecular formula is C22H26N4O2. The van der Waals surface area contributed by atoms with E-state index in [0.717, 1.165) is 35.1 Å². The third kappa shape index (κ3) is 4.91. The van der Waals surface area contributed by atoms with E-state index in [1.165, 1.54) is 0 Å². The van der Waals surface area contributed by atoms with Crippen molar-refractivity contribution in [3.05, 3.63) is 54.6 Å². The normalized spacial score (nSPS) is 10.6. The lowest BCUT2D eigenvalue weighted by molar-refractivity contribution is 0.405. The smallest absolute Gasteiger partial charge is 0.229 e. The van der Waals surface area contributed by atoms with E-state index in [0.29, 0.717) is 17.6 Å². The fraction of sp³-hybridized carbons (Fsp3) is 0.273. The van der Waals surface area contributed by atoms with Crippen LogP contribution in [0.3, 0.4) is 0 Å². The highest BCUT2D eigenvalue weighted by molar-refractivity contribution is 5.69. The van der Waals surface area contributed by atoms with Crippen molar-refractivity contribution in [2.45, 2.75) is 13.8 Å². The lowest BCUT2D eigenvalue weighted by Gasteiger charge is -2.14. The summed E-state index contributed by atoms with van der Waals surface area (Å²) in [6, 6.07) is 17.6. The molecule has 0 saturated carbocycles. The first kappa shape index (κ1) is 19.5. The summed E-state index contributed by atoms with van der Waals surface area (Å²) in [6.07, 6.45) is 0. The Morgan fingerprint density at radius 3 is 2.39 bits per heavy atom. The molecule has 3 rings (SSSR count). The monoisotopic (exact) mass is 378 g/mol. The molecule has 0 bridgehead atoms. The molecule has 0 atom stereocenters. The Bertz CT molecular complexity index is 914. The number of hydrogen-bond acceptors (Lipinski definition) is 6. The maximum Gasteiger partial charge on any atom is 0.229 e. The molecule has 0 amide bonds. The molecule has 2 N–H and O–H groups in total. The van der Waals surface area contributed by atoms with Crippen molar-refractivity contribution < 1.29 is 9.47 Å². The van der Waals surface area contributed by atoms with Crippen molar-refractivity contribution in [3.8, 4) is 22.8 Å². The molecule has 3 aromatic rings. The van der Waals surface area contributed by atoms with Crippen molar-refractivity contribution in [2.24, 2.45) is 5.92 Å². The van der Waals surface area contributed by atoms with E-state index in [9.17, 15) is 0 Å². The molecule has 6 heteroatoms. The first-order valence-corrected chi connectivity index (χ1v) is 9.26. The fourth-order valence-electron chi connectivity index (χ4n) is 2.69. The van der Waals surface area contributed by atoms with Crippen LogP contribution in [0.4, 0.5) is 17.5 Å².